The lowest BCUT2D eigenvalue weighted by Crippen LogP contribution is -2.31. The minimum Gasteiger partial charge on any atom is -0.346 e. The van der Waals surface area contributed by atoms with Crippen molar-refractivity contribution >= 4 is 11.6 Å². The second-order valence-electron chi connectivity index (χ2n) is 6.00. The zero-order valence-electron chi connectivity index (χ0n) is 14.1. The molecule has 0 unspecified atom stereocenters. The highest BCUT2D eigenvalue weighted by Crippen LogP contribution is 2.18. The van der Waals surface area contributed by atoms with Crippen molar-refractivity contribution in [2.24, 2.45) is 0 Å². The van der Waals surface area contributed by atoms with Gasteiger partial charge in [0.2, 0.25) is 5.91 Å². The van der Waals surface area contributed by atoms with Crippen molar-refractivity contribution < 1.29 is 4.79 Å². The number of rotatable bonds is 6. The van der Waals surface area contributed by atoms with Gasteiger partial charge in [0.05, 0.1) is 12.5 Å². The number of amides is 1. The molecule has 1 N–H and O–H groups in total. The number of nitrogens with zero attached hydrogens (tertiary/aromatic N) is 3. The fraction of sp³-hybridized carbons (Fsp3) is 0.316. The number of hydrogen-bond donors (Lipinski definition) is 1. The van der Waals surface area contributed by atoms with Crippen LogP contribution in [-0.4, -0.2) is 20.5 Å². The Hall–Kier alpha value is -2.69. The number of nitrogens with one attached hydrogen (secondary N) is 1. The van der Waals surface area contributed by atoms with Gasteiger partial charge in [0, 0.05) is 6.20 Å². The van der Waals surface area contributed by atoms with E-state index in [9.17, 15) is 4.79 Å². The number of carbonyl (C=O) groups is 1. The molecule has 1 amide bonds. The summed E-state index contributed by atoms with van der Waals surface area (Å²) in [6.45, 7) is 4.13. The van der Waals surface area contributed by atoms with E-state index in [1.807, 2.05) is 60.0 Å². The third-order valence-electron chi connectivity index (χ3n) is 4.18. The maximum absolute atomic E-state index is 12.5. The van der Waals surface area contributed by atoms with Crippen LogP contribution in [0.3, 0.4) is 0 Å². The van der Waals surface area contributed by atoms with Crippen LogP contribution in [0.1, 0.15) is 42.8 Å². The Bertz CT molecular complexity index is 840. The Morgan fingerprint density at radius 1 is 1.17 bits per heavy atom. The van der Waals surface area contributed by atoms with Crippen molar-refractivity contribution in [3.63, 3.8) is 0 Å². The average molecular weight is 322 g/mol. The van der Waals surface area contributed by atoms with Gasteiger partial charge in [-0.15, -0.1) is 10.2 Å². The van der Waals surface area contributed by atoms with Crippen molar-refractivity contribution in [1.29, 1.82) is 0 Å². The van der Waals surface area contributed by atoms with Crippen molar-refractivity contribution in [2.45, 2.75) is 39.2 Å². The minimum absolute atomic E-state index is 0.00966. The molecule has 0 aliphatic carbocycles. The standard InChI is InChI=1S/C19H22N4O/c1-3-8-16(19-22-21-17-11-6-7-12-23(17)19)20-18(24)13-15-10-5-4-9-14(15)2/h4-7,9-12,16H,3,8,13H2,1-2H3,(H,20,24)/t16-/m0/s1. The molecular formula is C19H22N4O. The highest BCUT2D eigenvalue weighted by atomic mass is 16.1. The van der Waals surface area contributed by atoms with Crippen LogP contribution in [-0.2, 0) is 11.2 Å². The van der Waals surface area contributed by atoms with Crippen LogP contribution in [0, 0.1) is 6.92 Å². The number of hydrogen-bond acceptors (Lipinski definition) is 3. The molecule has 24 heavy (non-hydrogen) atoms. The second-order valence-corrected chi connectivity index (χ2v) is 6.00. The molecule has 1 atom stereocenters. The maximum Gasteiger partial charge on any atom is 0.225 e. The molecule has 0 spiro atoms. The molecule has 124 valence electrons. The van der Waals surface area contributed by atoms with E-state index in [4.69, 9.17) is 0 Å². The van der Waals surface area contributed by atoms with E-state index in [1.54, 1.807) is 0 Å². The molecule has 0 fully saturated rings. The molecule has 0 radical (unpaired) electrons. The van der Waals surface area contributed by atoms with Crippen molar-refractivity contribution in [3.8, 4) is 0 Å². The largest absolute Gasteiger partial charge is 0.346 e. The molecule has 3 aromatic rings. The molecule has 2 heterocycles. The SMILES string of the molecule is CCC[C@H](NC(=O)Cc1ccccc1C)c1nnc2ccccn12. The predicted molar refractivity (Wildman–Crippen MR) is 93.7 cm³/mol. The summed E-state index contributed by atoms with van der Waals surface area (Å²) in [4.78, 5) is 12.5. The number of aromatic nitrogens is 3. The van der Waals surface area contributed by atoms with Gasteiger partial charge in [-0.25, -0.2) is 0 Å². The van der Waals surface area contributed by atoms with Crippen molar-refractivity contribution in [2.75, 3.05) is 0 Å². The number of pyridine rings is 1. The minimum atomic E-state index is -0.135. The molecule has 0 saturated carbocycles. The van der Waals surface area contributed by atoms with Gasteiger partial charge in [-0.3, -0.25) is 9.20 Å². The monoisotopic (exact) mass is 322 g/mol. The summed E-state index contributed by atoms with van der Waals surface area (Å²) in [5, 5.41) is 11.6. The summed E-state index contributed by atoms with van der Waals surface area (Å²) in [5.41, 5.74) is 2.98. The Labute approximate surface area is 141 Å². The third-order valence-corrected chi connectivity index (χ3v) is 4.18. The molecule has 0 aliphatic heterocycles. The lowest BCUT2D eigenvalue weighted by Gasteiger charge is -2.17. The quantitative estimate of drug-likeness (QED) is 0.758. The summed E-state index contributed by atoms with van der Waals surface area (Å²) in [7, 11) is 0. The maximum atomic E-state index is 12.5. The van der Waals surface area contributed by atoms with Crippen LogP contribution in [0.2, 0.25) is 0 Å². The zero-order valence-corrected chi connectivity index (χ0v) is 14.1. The molecule has 0 bridgehead atoms. The highest BCUT2D eigenvalue weighted by Gasteiger charge is 2.19. The molecule has 5 heteroatoms. The van der Waals surface area contributed by atoms with Gasteiger partial charge in [0.15, 0.2) is 11.5 Å². The summed E-state index contributed by atoms with van der Waals surface area (Å²) < 4.78 is 1.94. The normalized spacial score (nSPS) is 12.2. The third kappa shape index (κ3) is 3.45. The van der Waals surface area contributed by atoms with Gasteiger partial charge in [-0.05, 0) is 36.6 Å². The van der Waals surface area contributed by atoms with Crippen LogP contribution in [0.5, 0.6) is 0 Å². The molecule has 3 rings (SSSR count). The van der Waals surface area contributed by atoms with Crippen LogP contribution < -0.4 is 5.32 Å². The number of aryl methyl sites for hydroxylation is 1. The predicted octanol–water partition coefficient (Wildman–Crippen LogP) is 3.24. The second kappa shape index (κ2) is 7.25. The number of carbonyl (C=O) groups excluding carboxylic acids is 1. The molecule has 0 saturated heterocycles. The Kier molecular flexibility index (Phi) is 4.89. The average Bonchev–Trinajstić information content (AvgIpc) is 3.00. The molecule has 1 aromatic carbocycles. The van der Waals surface area contributed by atoms with E-state index >= 15 is 0 Å². The highest BCUT2D eigenvalue weighted by molar-refractivity contribution is 5.79. The van der Waals surface area contributed by atoms with E-state index in [-0.39, 0.29) is 11.9 Å². The summed E-state index contributed by atoms with van der Waals surface area (Å²) in [6, 6.07) is 13.6. The summed E-state index contributed by atoms with van der Waals surface area (Å²) >= 11 is 0. The first-order valence-electron chi connectivity index (χ1n) is 8.32. The van der Waals surface area contributed by atoms with Gasteiger partial charge in [-0.1, -0.05) is 43.7 Å². The fourth-order valence-electron chi connectivity index (χ4n) is 2.88. The van der Waals surface area contributed by atoms with Crippen LogP contribution in [0.15, 0.2) is 48.7 Å². The van der Waals surface area contributed by atoms with Gasteiger partial charge in [0.25, 0.3) is 0 Å². The van der Waals surface area contributed by atoms with E-state index in [0.29, 0.717) is 6.42 Å². The molecule has 5 nitrogen and oxygen atoms in total. The molecule has 0 aliphatic rings. The number of benzene rings is 1. The topological polar surface area (TPSA) is 59.3 Å². The van der Waals surface area contributed by atoms with Gasteiger partial charge >= 0.3 is 0 Å². The van der Waals surface area contributed by atoms with Crippen molar-refractivity contribution in [1.82, 2.24) is 19.9 Å². The number of fused-ring (bicyclic) bond motifs is 1. The first kappa shape index (κ1) is 16.2. The molecule has 2 aromatic heterocycles. The first-order chi connectivity index (χ1) is 11.7. The lowest BCUT2D eigenvalue weighted by atomic mass is 10.0. The fourth-order valence-corrected chi connectivity index (χ4v) is 2.88. The van der Waals surface area contributed by atoms with Gasteiger partial charge in [0.1, 0.15) is 0 Å². The van der Waals surface area contributed by atoms with E-state index in [1.165, 1.54) is 0 Å². The van der Waals surface area contributed by atoms with Gasteiger partial charge < -0.3 is 5.32 Å². The Morgan fingerprint density at radius 2 is 1.96 bits per heavy atom. The van der Waals surface area contributed by atoms with E-state index in [2.05, 4.69) is 22.4 Å². The summed E-state index contributed by atoms with van der Waals surface area (Å²) in [5.74, 6) is 0.793. The van der Waals surface area contributed by atoms with E-state index in [0.717, 1.165) is 35.4 Å². The molecular weight excluding hydrogens is 300 g/mol. The summed E-state index contributed by atoms with van der Waals surface area (Å²) in [6.07, 6.45) is 4.09. The first-order valence-corrected chi connectivity index (χ1v) is 8.32. The van der Waals surface area contributed by atoms with Crippen LogP contribution in [0.4, 0.5) is 0 Å². The van der Waals surface area contributed by atoms with Crippen LogP contribution in [0.25, 0.3) is 5.65 Å². The van der Waals surface area contributed by atoms with Gasteiger partial charge in [-0.2, -0.15) is 0 Å². The van der Waals surface area contributed by atoms with Crippen LogP contribution >= 0.6 is 0 Å². The zero-order chi connectivity index (χ0) is 16.9. The van der Waals surface area contributed by atoms with E-state index < -0.39 is 0 Å². The lowest BCUT2D eigenvalue weighted by molar-refractivity contribution is -0.121. The smallest absolute Gasteiger partial charge is 0.225 e. The Morgan fingerprint density at radius 3 is 2.75 bits per heavy atom. The Balaban J connectivity index is 1.79. The van der Waals surface area contributed by atoms with Crippen molar-refractivity contribution in [3.05, 3.63) is 65.6 Å².